The van der Waals surface area contributed by atoms with Crippen LogP contribution >= 0.6 is 0 Å². The van der Waals surface area contributed by atoms with Gasteiger partial charge in [-0.2, -0.15) is 0 Å². The summed E-state index contributed by atoms with van der Waals surface area (Å²) in [6.07, 6.45) is 1.12. The molecule has 1 atom stereocenters. The van der Waals surface area contributed by atoms with E-state index in [1.165, 1.54) is 16.9 Å². The van der Waals surface area contributed by atoms with Crippen molar-refractivity contribution in [1.29, 1.82) is 0 Å². The van der Waals surface area contributed by atoms with E-state index in [-0.39, 0.29) is 0 Å². The third kappa shape index (κ3) is 1.78. The Morgan fingerprint density at radius 3 is 3.06 bits per heavy atom. The number of anilines is 2. The molecule has 0 saturated carbocycles. The predicted molar refractivity (Wildman–Crippen MR) is 73.1 cm³/mol. The molecule has 1 aromatic rings. The lowest BCUT2D eigenvalue weighted by Crippen LogP contribution is -2.58. The molecule has 1 unspecified atom stereocenters. The van der Waals surface area contributed by atoms with Crippen LogP contribution < -0.4 is 15.1 Å². The van der Waals surface area contributed by atoms with E-state index in [1.807, 2.05) is 0 Å². The number of likely N-dealkylation sites (N-methyl/N-ethyl adjacent to an activating group) is 1. The molecule has 1 fully saturated rings. The van der Waals surface area contributed by atoms with Gasteiger partial charge in [-0.25, -0.2) is 0 Å². The molecule has 2 aliphatic heterocycles. The van der Waals surface area contributed by atoms with Gasteiger partial charge in [0.05, 0.1) is 17.4 Å². The Kier molecular flexibility index (Phi) is 2.71. The summed E-state index contributed by atoms with van der Waals surface area (Å²) in [7, 11) is 2.21. The highest BCUT2D eigenvalue weighted by Gasteiger charge is 2.30. The minimum atomic E-state index is 0.633. The van der Waals surface area contributed by atoms with Gasteiger partial charge in [-0.05, 0) is 24.1 Å². The molecular formula is C14H21N3. The van der Waals surface area contributed by atoms with Gasteiger partial charge in [-0.15, -0.1) is 0 Å². The Morgan fingerprint density at radius 1 is 1.35 bits per heavy atom. The average molecular weight is 231 g/mol. The van der Waals surface area contributed by atoms with E-state index >= 15 is 0 Å². The lowest BCUT2D eigenvalue weighted by atomic mass is 10.0. The van der Waals surface area contributed by atoms with Crippen molar-refractivity contribution in [2.24, 2.45) is 0 Å². The zero-order valence-electron chi connectivity index (χ0n) is 10.7. The molecular weight excluding hydrogens is 210 g/mol. The van der Waals surface area contributed by atoms with Crippen molar-refractivity contribution < 1.29 is 0 Å². The molecule has 0 bridgehead atoms. The Hall–Kier alpha value is -1.22. The summed E-state index contributed by atoms with van der Waals surface area (Å²) in [5.74, 6) is 0. The highest BCUT2D eigenvalue weighted by Crippen LogP contribution is 2.35. The maximum absolute atomic E-state index is 3.49. The van der Waals surface area contributed by atoms with Crippen LogP contribution in [0.1, 0.15) is 12.5 Å². The van der Waals surface area contributed by atoms with Gasteiger partial charge in [0, 0.05) is 33.2 Å². The summed E-state index contributed by atoms with van der Waals surface area (Å²) in [4.78, 5) is 4.98. The molecule has 3 nitrogen and oxygen atoms in total. The van der Waals surface area contributed by atoms with Crippen LogP contribution in [-0.2, 0) is 6.42 Å². The summed E-state index contributed by atoms with van der Waals surface area (Å²) in [6, 6.07) is 7.57. The lowest BCUT2D eigenvalue weighted by Gasteiger charge is -2.46. The average Bonchev–Trinajstić information content (AvgIpc) is 2.38. The van der Waals surface area contributed by atoms with Crippen molar-refractivity contribution in [3.05, 3.63) is 23.8 Å². The highest BCUT2D eigenvalue weighted by molar-refractivity contribution is 5.75. The number of benzene rings is 1. The Bertz CT molecular complexity index is 416. The van der Waals surface area contributed by atoms with Gasteiger partial charge in [0.15, 0.2) is 0 Å². The van der Waals surface area contributed by atoms with Crippen LogP contribution in [0.25, 0.3) is 0 Å². The second kappa shape index (κ2) is 4.22. The third-order valence-electron chi connectivity index (χ3n) is 4.00. The zero-order chi connectivity index (χ0) is 11.8. The van der Waals surface area contributed by atoms with E-state index in [1.54, 1.807) is 0 Å². The molecule has 17 heavy (non-hydrogen) atoms. The molecule has 2 aliphatic rings. The van der Waals surface area contributed by atoms with Crippen LogP contribution in [0.15, 0.2) is 18.2 Å². The minimum Gasteiger partial charge on any atom is -0.371 e. The Morgan fingerprint density at radius 2 is 2.24 bits per heavy atom. The van der Waals surface area contributed by atoms with Crippen molar-refractivity contribution in [2.75, 3.05) is 43.0 Å². The first-order chi connectivity index (χ1) is 8.29. The maximum atomic E-state index is 3.49. The van der Waals surface area contributed by atoms with Gasteiger partial charge < -0.3 is 15.1 Å². The first-order valence-corrected chi connectivity index (χ1v) is 6.61. The number of hydrogen-bond donors (Lipinski definition) is 1. The van der Waals surface area contributed by atoms with Gasteiger partial charge in [0.2, 0.25) is 0 Å². The quantitative estimate of drug-likeness (QED) is 0.790. The molecule has 1 N–H and O–H groups in total. The Balaban J connectivity index is 2.01. The number of hydrogen-bond acceptors (Lipinski definition) is 3. The van der Waals surface area contributed by atoms with Crippen molar-refractivity contribution >= 4 is 11.4 Å². The van der Waals surface area contributed by atoms with E-state index in [0.29, 0.717) is 6.04 Å². The van der Waals surface area contributed by atoms with E-state index in [9.17, 15) is 0 Å². The molecule has 1 saturated heterocycles. The molecule has 3 heteroatoms. The lowest BCUT2D eigenvalue weighted by molar-refractivity contribution is 0.466. The van der Waals surface area contributed by atoms with Crippen molar-refractivity contribution in [1.82, 2.24) is 5.32 Å². The largest absolute Gasteiger partial charge is 0.371 e. The van der Waals surface area contributed by atoms with E-state index in [0.717, 1.165) is 32.6 Å². The molecule has 0 spiro atoms. The van der Waals surface area contributed by atoms with Gasteiger partial charge in [-0.1, -0.05) is 13.0 Å². The molecule has 0 aliphatic carbocycles. The number of fused-ring (bicyclic) bond motifs is 3. The fourth-order valence-electron chi connectivity index (χ4n) is 2.99. The molecule has 0 radical (unpaired) electrons. The summed E-state index contributed by atoms with van der Waals surface area (Å²) in [6.45, 7) is 6.71. The first-order valence-electron chi connectivity index (χ1n) is 6.61. The van der Waals surface area contributed by atoms with Crippen LogP contribution in [0.4, 0.5) is 11.4 Å². The topological polar surface area (TPSA) is 18.5 Å². The highest BCUT2D eigenvalue weighted by atomic mass is 15.3. The van der Waals surface area contributed by atoms with Crippen LogP contribution in [0.3, 0.4) is 0 Å². The number of rotatable bonds is 1. The fourth-order valence-corrected chi connectivity index (χ4v) is 2.99. The molecule has 0 amide bonds. The minimum absolute atomic E-state index is 0.633. The summed E-state index contributed by atoms with van der Waals surface area (Å²) < 4.78 is 0. The summed E-state index contributed by atoms with van der Waals surface area (Å²) >= 11 is 0. The predicted octanol–water partition coefficient (Wildman–Crippen LogP) is 1.48. The molecule has 1 aromatic carbocycles. The number of aryl methyl sites for hydroxylation is 1. The smallest absolute Gasteiger partial charge is 0.0608 e. The number of piperazine rings is 1. The number of nitrogens with one attached hydrogen (secondary N) is 1. The molecule has 0 aromatic heterocycles. The first kappa shape index (κ1) is 10.9. The van der Waals surface area contributed by atoms with Crippen LogP contribution in [0, 0.1) is 0 Å². The summed E-state index contributed by atoms with van der Waals surface area (Å²) in [5.41, 5.74) is 4.26. The SMILES string of the molecule is CCc1ccc2c(c1)N(C)CC1CNCCN21. The Labute approximate surface area is 103 Å². The van der Waals surface area contributed by atoms with Gasteiger partial charge in [-0.3, -0.25) is 0 Å². The standard InChI is InChI=1S/C14H21N3/c1-3-11-4-5-13-14(8-11)16(2)10-12-9-15-6-7-17(12)13/h4-5,8,12,15H,3,6-7,9-10H2,1-2H3. The van der Waals surface area contributed by atoms with Crippen LogP contribution in [0.2, 0.25) is 0 Å². The van der Waals surface area contributed by atoms with E-state index in [2.05, 4.69) is 47.3 Å². The molecule has 92 valence electrons. The van der Waals surface area contributed by atoms with Crippen molar-refractivity contribution in [2.45, 2.75) is 19.4 Å². The second-order valence-corrected chi connectivity index (χ2v) is 5.11. The monoisotopic (exact) mass is 231 g/mol. The second-order valence-electron chi connectivity index (χ2n) is 5.11. The van der Waals surface area contributed by atoms with Crippen molar-refractivity contribution in [3.63, 3.8) is 0 Å². The zero-order valence-corrected chi connectivity index (χ0v) is 10.7. The van der Waals surface area contributed by atoms with Gasteiger partial charge in [0.25, 0.3) is 0 Å². The number of nitrogens with zero attached hydrogens (tertiary/aromatic N) is 2. The van der Waals surface area contributed by atoms with Crippen molar-refractivity contribution in [3.8, 4) is 0 Å². The van der Waals surface area contributed by atoms with E-state index in [4.69, 9.17) is 0 Å². The fraction of sp³-hybridized carbons (Fsp3) is 0.571. The maximum Gasteiger partial charge on any atom is 0.0608 e. The molecule has 3 rings (SSSR count). The van der Waals surface area contributed by atoms with E-state index < -0.39 is 0 Å². The van der Waals surface area contributed by atoms with Gasteiger partial charge >= 0.3 is 0 Å². The van der Waals surface area contributed by atoms with Gasteiger partial charge in [0.1, 0.15) is 0 Å². The van der Waals surface area contributed by atoms with Crippen LogP contribution in [-0.4, -0.2) is 39.3 Å². The third-order valence-corrected chi connectivity index (χ3v) is 4.00. The van der Waals surface area contributed by atoms with Crippen LogP contribution in [0.5, 0.6) is 0 Å². The summed E-state index contributed by atoms with van der Waals surface area (Å²) in [5, 5.41) is 3.49. The molecule has 2 heterocycles. The normalized spacial score (nSPS) is 23.3.